The van der Waals surface area contributed by atoms with Gasteiger partial charge < -0.3 is 5.32 Å². The molecule has 3 rings (SSSR count). The predicted molar refractivity (Wildman–Crippen MR) is 92.2 cm³/mol. The zero-order chi connectivity index (χ0) is 13.6. The Morgan fingerprint density at radius 2 is 1.76 bits per heavy atom. The van der Waals surface area contributed by atoms with Gasteiger partial charge in [-0.25, -0.2) is 0 Å². The topological polar surface area (TPSA) is 15.3 Å². The molecule has 2 heterocycles. The van der Waals surface area contributed by atoms with E-state index in [1.54, 1.807) is 0 Å². The molecule has 1 atom stereocenters. The molecule has 0 bridgehead atoms. The van der Waals surface area contributed by atoms with Gasteiger partial charge in [0.25, 0.3) is 0 Å². The maximum absolute atomic E-state index is 3.48. The third-order valence-electron chi connectivity index (χ3n) is 5.01. The minimum Gasteiger partial charge on any atom is -0.317 e. The first-order chi connectivity index (χ1) is 9.92. The van der Waals surface area contributed by atoms with Gasteiger partial charge in [0.1, 0.15) is 0 Å². The van der Waals surface area contributed by atoms with E-state index in [0.29, 0.717) is 0 Å². The van der Waals surface area contributed by atoms with Crippen molar-refractivity contribution in [1.29, 1.82) is 0 Å². The van der Waals surface area contributed by atoms with Gasteiger partial charge in [0.2, 0.25) is 0 Å². The summed E-state index contributed by atoms with van der Waals surface area (Å²) in [6, 6.07) is 11.8. The molecule has 0 aromatic heterocycles. The number of hydrogen-bond donors (Lipinski definition) is 1. The van der Waals surface area contributed by atoms with Crippen LogP contribution in [0.25, 0.3) is 0 Å². The molecule has 0 spiro atoms. The van der Waals surface area contributed by atoms with E-state index in [9.17, 15) is 0 Å². The second-order valence-electron chi connectivity index (χ2n) is 6.53. The van der Waals surface area contributed by atoms with Crippen LogP contribution < -0.4 is 5.32 Å². The number of piperidine rings is 2. The Kier molecular flexibility index (Phi) is 7.01. The van der Waals surface area contributed by atoms with Crippen molar-refractivity contribution in [3.63, 3.8) is 0 Å². The lowest BCUT2D eigenvalue weighted by Gasteiger charge is -2.39. The first kappa shape index (κ1) is 16.8. The quantitative estimate of drug-likeness (QED) is 0.916. The van der Waals surface area contributed by atoms with E-state index in [0.717, 1.165) is 12.0 Å². The maximum Gasteiger partial charge on any atom is 0.0136 e. The fraction of sp³-hybridized carbons (Fsp3) is 0.667. The van der Waals surface area contributed by atoms with Gasteiger partial charge in [-0.2, -0.15) is 0 Å². The highest BCUT2D eigenvalue weighted by atomic mass is 35.5. The summed E-state index contributed by atoms with van der Waals surface area (Å²) >= 11 is 0. The van der Waals surface area contributed by atoms with Gasteiger partial charge in [0, 0.05) is 12.6 Å². The summed E-state index contributed by atoms with van der Waals surface area (Å²) in [6.45, 7) is 5.10. The van der Waals surface area contributed by atoms with Crippen LogP contribution in [0.4, 0.5) is 0 Å². The highest BCUT2D eigenvalue weighted by Crippen LogP contribution is 2.24. The van der Waals surface area contributed by atoms with Crippen molar-refractivity contribution in [1.82, 2.24) is 10.2 Å². The van der Waals surface area contributed by atoms with Crippen LogP contribution in [0.15, 0.2) is 30.3 Å². The summed E-state index contributed by atoms with van der Waals surface area (Å²) in [5, 5.41) is 3.48. The molecule has 1 unspecified atom stereocenters. The molecular formula is C18H29ClN2. The molecule has 0 radical (unpaired) electrons. The van der Waals surface area contributed by atoms with Gasteiger partial charge in [-0.05, 0) is 63.2 Å². The van der Waals surface area contributed by atoms with Crippen LogP contribution in [0.2, 0.25) is 0 Å². The molecule has 0 aliphatic carbocycles. The highest BCUT2D eigenvalue weighted by Gasteiger charge is 2.25. The van der Waals surface area contributed by atoms with Gasteiger partial charge in [-0.1, -0.05) is 36.8 Å². The summed E-state index contributed by atoms with van der Waals surface area (Å²) in [5.74, 6) is 0.924. The minimum absolute atomic E-state index is 0. The normalized spacial score (nSPS) is 24.5. The van der Waals surface area contributed by atoms with Crippen LogP contribution in [-0.2, 0) is 6.42 Å². The number of benzene rings is 1. The Morgan fingerprint density at radius 1 is 1.00 bits per heavy atom. The van der Waals surface area contributed by atoms with Crippen LogP contribution >= 0.6 is 12.4 Å². The lowest BCUT2D eigenvalue weighted by Crippen LogP contribution is -2.45. The van der Waals surface area contributed by atoms with E-state index in [2.05, 4.69) is 40.5 Å². The predicted octanol–water partition coefficient (Wildman–Crippen LogP) is 3.51. The Hall–Kier alpha value is -0.570. The van der Waals surface area contributed by atoms with E-state index < -0.39 is 0 Å². The number of halogens is 1. The molecule has 0 amide bonds. The Bertz CT molecular complexity index is 389. The van der Waals surface area contributed by atoms with Crippen LogP contribution in [-0.4, -0.2) is 37.1 Å². The fourth-order valence-corrected chi connectivity index (χ4v) is 3.81. The van der Waals surface area contributed by atoms with E-state index in [1.807, 2.05) is 0 Å². The molecule has 2 aliphatic rings. The summed E-state index contributed by atoms with van der Waals surface area (Å²) in [4.78, 5) is 2.80. The minimum atomic E-state index is 0. The Labute approximate surface area is 135 Å². The molecule has 2 nitrogen and oxygen atoms in total. The summed E-state index contributed by atoms with van der Waals surface area (Å²) in [5.41, 5.74) is 1.51. The fourth-order valence-electron chi connectivity index (χ4n) is 3.81. The van der Waals surface area contributed by atoms with Gasteiger partial charge in [0.05, 0.1) is 0 Å². The molecule has 2 aliphatic heterocycles. The zero-order valence-electron chi connectivity index (χ0n) is 13.0. The molecule has 1 N–H and O–H groups in total. The van der Waals surface area contributed by atoms with Crippen molar-refractivity contribution < 1.29 is 0 Å². The van der Waals surface area contributed by atoms with E-state index >= 15 is 0 Å². The van der Waals surface area contributed by atoms with Crippen molar-refractivity contribution in [3.8, 4) is 0 Å². The highest BCUT2D eigenvalue weighted by molar-refractivity contribution is 5.85. The first-order valence-corrected chi connectivity index (χ1v) is 8.40. The molecule has 118 valence electrons. The maximum atomic E-state index is 3.48. The lowest BCUT2D eigenvalue weighted by atomic mass is 9.92. The molecule has 3 heteroatoms. The smallest absolute Gasteiger partial charge is 0.0136 e. The average molecular weight is 309 g/mol. The third kappa shape index (κ3) is 4.98. The average Bonchev–Trinajstić information content (AvgIpc) is 2.51. The molecule has 2 saturated heterocycles. The molecule has 2 fully saturated rings. The number of nitrogens with zero attached hydrogens (tertiary/aromatic N) is 1. The van der Waals surface area contributed by atoms with E-state index in [4.69, 9.17) is 0 Å². The van der Waals surface area contributed by atoms with Crippen LogP contribution in [0, 0.1) is 5.92 Å². The summed E-state index contributed by atoms with van der Waals surface area (Å²) in [7, 11) is 0. The largest absolute Gasteiger partial charge is 0.317 e. The number of nitrogens with one attached hydrogen (secondary N) is 1. The standard InChI is InChI=1S/C18H28N2.ClH/c1-2-6-16(7-3-1)14-18-8-4-5-13-20(18)15-17-9-11-19-12-10-17;/h1-3,6-7,17-19H,4-5,8-15H2;1H. The molecule has 1 aromatic carbocycles. The second kappa shape index (κ2) is 8.77. The van der Waals surface area contributed by atoms with Gasteiger partial charge in [-0.15, -0.1) is 12.4 Å². The van der Waals surface area contributed by atoms with Gasteiger partial charge in [0.15, 0.2) is 0 Å². The van der Waals surface area contributed by atoms with Crippen molar-refractivity contribution in [2.45, 2.75) is 44.6 Å². The van der Waals surface area contributed by atoms with Crippen molar-refractivity contribution in [2.24, 2.45) is 5.92 Å². The van der Waals surface area contributed by atoms with Gasteiger partial charge >= 0.3 is 0 Å². The summed E-state index contributed by atoms with van der Waals surface area (Å²) in [6.07, 6.45) is 8.19. The molecular weight excluding hydrogens is 280 g/mol. The van der Waals surface area contributed by atoms with Crippen molar-refractivity contribution >= 4 is 12.4 Å². The molecule has 0 saturated carbocycles. The van der Waals surface area contributed by atoms with Crippen molar-refractivity contribution in [3.05, 3.63) is 35.9 Å². The van der Waals surface area contributed by atoms with Crippen LogP contribution in [0.1, 0.15) is 37.7 Å². The zero-order valence-corrected chi connectivity index (χ0v) is 13.8. The van der Waals surface area contributed by atoms with E-state index in [-0.39, 0.29) is 12.4 Å². The monoisotopic (exact) mass is 308 g/mol. The summed E-state index contributed by atoms with van der Waals surface area (Å²) < 4.78 is 0. The number of hydrogen-bond acceptors (Lipinski definition) is 2. The SMILES string of the molecule is Cl.c1ccc(CC2CCCCN2CC2CCNCC2)cc1. The van der Waals surface area contributed by atoms with Gasteiger partial charge in [-0.3, -0.25) is 4.90 Å². The Morgan fingerprint density at radius 3 is 2.52 bits per heavy atom. The first-order valence-electron chi connectivity index (χ1n) is 8.40. The second-order valence-corrected chi connectivity index (χ2v) is 6.53. The van der Waals surface area contributed by atoms with Crippen LogP contribution in [0.3, 0.4) is 0 Å². The Balaban J connectivity index is 0.00000161. The van der Waals surface area contributed by atoms with Crippen LogP contribution in [0.5, 0.6) is 0 Å². The van der Waals surface area contributed by atoms with Crippen molar-refractivity contribution in [2.75, 3.05) is 26.2 Å². The number of rotatable bonds is 4. The third-order valence-corrected chi connectivity index (χ3v) is 5.01. The molecule has 21 heavy (non-hydrogen) atoms. The lowest BCUT2D eigenvalue weighted by molar-refractivity contribution is 0.115. The number of likely N-dealkylation sites (tertiary alicyclic amines) is 1. The van der Waals surface area contributed by atoms with E-state index in [1.165, 1.54) is 70.3 Å². The molecule has 1 aromatic rings.